The number of nitrogens with zero attached hydrogens (tertiary/aromatic N) is 2. The lowest BCUT2D eigenvalue weighted by atomic mass is 9.91. The molecule has 0 saturated carbocycles. The third-order valence-corrected chi connectivity index (χ3v) is 6.45. The molecular weight excluding hydrogens is 442 g/mol. The minimum absolute atomic E-state index is 0.000136. The van der Waals surface area contributed by atoms with Crippen molar-refractivity contribution in [1.29, 1.82) is 0 Å². The highest BCUT2D eigenvalue weighted by Crippen LogP contribution is 2.40. The van der Waals surface area contributed by atoms with Gasteiger partial charge in [-0.15, -0.1) is 0 Å². The average molecular weight is 462 g/mol. The molecule has 2 heterocycles. The molecular formula is C25H20ClN3O4. The molecule has 0 bridgehead atoms. The lowest BCUT2D eigenvalue weighted by Gasteiger charge is -2.36. The number of carbonyl (C=O) groups is 1. The minimum atomic E-state index is -0.447. The van der Waals surface area contributed by atoms with Gasteiger partial charge in [-0.25, -0.2) is 0 Å². The van der Waals surface area contributed by atoms with Gasteiger partial charge in [-0.1, -0.05) is 23.7 Å². The maximum Gasteiger partial charge on any atom is 0.269 e. The Bertz CT molecular complexity index is 1380. The number of hydrogen-bond donors (Lipinski definition) is 1. The van der Waals surface area contributed by atoms with Crippen LogP contribution in [0.2, 0.25) is 5.02 Å². The van der Waals surface area contributed by atoms with Crippen LogP contribution in [0.5, 0.6) is 5.75 Å². The zero-order chi connectivity index (χ0) is 23.1. The van der Waals surface area contributed by atoms with E-state index in [1.165, 1.54) is 12.1 Å². The van der Waals surface area contributed by atoms with Crippen LogP contribution in [0.4, 0.5) is 5.69 Å². The molecule has 1 aromatic heterocycles. The number of benzene rings is 3. The highest BCUT2D eigenvalue weighted by molar-refractivity contribution is 6.33. The first-order valence-corrected chi connectivity index (χ1v) is 10.8. The standard InChI is InChI=1S/C25H20ClN3O4/c1-33-17-10-11-22-20(14-17)18-12-13-28(25(30)19-4-2-3-5-21(19)26)24(23(18)27-22)15-6-8-16(9-7-15)29(31)32/h2-11,14,24,27H,12-13H2,1H3/t24-/m0/s1. The first-order valence-electron chi connectivity index (χ1n) is 10.5. The number of H-pyrrole nitrogens is 1. The molecule has 166 valence electrons. The van der Waals surface area contributed by atoms with E-state index in [-0.39, 0.29) is 11.6 Å². The van der Waals surface area contributed by atoms with Gasteiger partial charge in [-0.2, -0.15) is 0 Å². The summed E-state index contributed by atoms with van der Waals surface area (Å²) in [6.45, 7) is 0.475. The molecule has 0 radical (unpaired) electrons. The second-order valence-corrected chi connectivity index (χ2v) is 8.32. The van der Waals surface area contributed by atoms with Crippen molar-refractivity contribution in [2.45, 2.75) is 12.5 Å². The van der Waals surface area contributed by atoms with Crippen molar-refractivity contribution in [1.82, 2.24) is 9.88 Å². The van der Waals surface area contributed by atoms with Crippen molar-refractivity contribution in [3.63, 3.8) is 0 Å². The van der Waals surface area contributed by atoms with Crippen LogP contribution < -0.4 is 4.74 Å². The van der Waals surface area contributed by atoms with Gasteiger partial charge in [0, 0.05) is 35.3 Å². The Balaban J connectivity index is 1.67. The van der Waals surface area contributed by atoms with Gasteiger partial charge < -0.3 is 14.6 Å². The number of rotatable bonds is 4. The normalized spacial score (nSPS) is 15.3. The molecule has 3 aromatic carbocycles. The van der Waals surface area contributed by atoms with E-state index in [1.54, 1.807) is 48.4 Å². The number of non-ortho nitro benzene ring substituents is 1. The molecule has 4 aromatic rings. The van der Waals surface area contributed by atoms with Crippen LogP contribution in [0.3, 0.4) is 0 Å². The van der Waals surface area contributed by atoms with Crippen molar-refractivity contribution in [3.05, 3.63) is 104 Å². The first-order chi connectivity index (χ1) is 16.0. The van der Waals surface area contributed by atoms with Crippen molar-refractivity contribution >= 4 is 34.1 Å². The van der Waals surface area contributed by atoms with E-state index < -0.39 is 11.0 Å². The molecule has 1 aliphatic heterocycles. The Hall–Kier alpha value is -3.84. The summed E-state index contributed by atoms with van der Waals surface area (Å²) >= 11 is 6.34. The summed E-state index contributed by atoms with van der Waals surface area (Å²) in [5.41, 5.74) is 4.14. The number of aromatic nitrogens is 1. The smallest absolute Gasteiger partial charge is 0.269 e. The molecule has 0 saturated heterocycles. The van der Waals surface area contributed by atoms with Crippen LogP contribution in [-0.2, 0) is 6.42 Å². The SMILES string of the molecule is COc1ccc2[nH]c3c(c2c1)CCN(C(=O)c1ccccc1Cl)[C@H]3c1ccc([N+](=O)[O-])cc1. The fourth-order valence-corrected chi connectivity index (χ4v) is 4.74. The van der Waals surface area contributed by atoms with E-state index in [4.69, 9.17) is 16.3 Å². The quantitative estimate of drug-likeness (QED) is 0.320. The summed E-state index contributed by atoms with van der Waals surface area (Å²) < 4.78 is 5.40. The van der Waals surface area contributed by atoms with Crippen LogP contribution in [0, 0.1) is 10.1 Å². The molecule has 8 heteroatoms. The van der Waals surface area contributed by atoms with Crippen molar-refractivity contribution in [2.24, 2.45) is 0 Å². The second-order valence-electron chi connectivity index (χ2n) is 7.91. The number of nitro benzene ring substituents is 1. The predicted molar refractivity (Wildman–Crippen MR) is 126 cm³/mol. The number of halogens is 1. The summed E-state index contributed by atoms with van der Waals surface area (Å²) in [6.07, 6.45) is 0.655. The Morgan fingerprint density at radius 2 is 1.91 bits per heavy atom. The number of ether oxygens (including phenoxy) is 1. The molecule has 0 unspecified atom stereocenters. The average Bonchev–Trinajstić information content (AvgIpc) is 3.21. The highest BCUT2D eigenvalue weighted by Gasteiger charge is 2.35. The molecule has 5 rings (SSSR count). The fourth-order valence-electron chi connectivity index (χ4n) is 4.53. The number of nitrogens with one attached hydrogen (secondary N) is 1. The number of hydrogen-bond acceptors (Lipinski definition) is 4. The third kappa shape index (κ3) is 3.60. The minimum Gasteiger partial charge on any atom is -0.497 e. The monoisotopic (exact) mass is 461 g/mol. The Kier molecular flexibility index (Phi) is 5.26. The number of amides is 1. The largest absolute Gasteiger partial charge is 0.497 e. The van der Waals surface area contributed by atoms with Crippen LogP contribution >= 0.6 is 11.6 Å². The van der Waals surface area contributed by atoms with Crippen molar-refractivity contribution in [2.75, 3.05) is 13.7 Å². The summed E-state index contributed by atoms with van der Waals surface area (Å²) in [5, 5.41) is 12.6. The molecule has 0 fully saturated rings. The zero-order valence-corrected chi connectivity index (χ0v) is 18.5. The van der Waals surface area contributed by atoms with Gasteiger partial charge in [0.1, 0.15) is 5.75 Å². The molecule has 1 N–H and O–H groups in total. The topological polar surface area (TPSA) is 88.5 Å². The lowest BCUT2D eigenvalue weighted by molar-refractivity contribution is -0.384. The molecule has 0 aliphatic carbocycles. The Labute approximate surface area is 194 Å². The van der Waals surface area contributed by atoms with E-state index in [0.29, 0.717) is 23.6 Å². The van der Waals surface area contributed by atoms with E-state index in [0.717, 1.165) is 33.5 Å². The molecule has 1 aliphatic rings. The van der Waals surface area contributed by atoms with E-state index >= 15 is 0 Å². The van der Waals surface area contributed by atoms with Gasteiger partial charge >= 0.3 is 0 Å². The van der Waals surface area contributed by atoms with Gasteiger partial charge in [0.15, 0.2) is 0 Å². The van der Waals surface area contributed by atoms with Crippen LogP contribution in [0.15, 0.2) is 66.7 Å². The van der Waals surface area contributed by atoms with E-state index in [2.05, 4.69) is 4.98 Å². The lowest BCUT2D eigenvalue weighted by Crippen LogP contribution is -2.40. The number of fused-ring (bicyclic) bond motifs is 3. The number of nitro groups is 1. The molecule has 33 heavy (non-hydrogen) atoms. The molecule has 7 nitrogen and oxygen atoms in total. The Morgan fingerprint density at radius 1 is 1.15 bits per heavy atom. The van der Waals surface area contributed by atoms with Gasteiger partial charge in [0.2, 0.25) is 0 Å². The number of methoxy groups -OCH3 is 1. The van der Waals surface area contributed by atoms with Gasteiger partial charge in [-0.05, 0) is 60.0 Å². The summed E-state index contributed by atoms with van der Waals surface area (Å²) in [5.74, 6) is 0.566. The fraction of sp³-hybridized carbons (Fsp3) is 0.160. The predicted octanol–water partition coefficient (Wildman–Crippen LogP) is 5.53. The maximum atomic E-state index is 13.6. The molecule has 1 atom stereocenters. The second kappa shape index (κ2) is 8.26. The van der Waals surface area contributed by atoms with Crippen LogP contribution in [0.1, 0.15) is 33.2 Å². The third-order valence-electron chi connectivity index (χ3n) is 6.12. The van der Waals surface area contributed by atoms with Crippen LogP contribution in [-0.4, -0.2) is 34.4 Å². The molecule has 0 spiro atoms. The summed E-state index contributed by atoms with van der Waals surface area (Å²) in [7, 11) is 1.63. The Morgan fingerprint density at radius 3 is 2.61 bits per heavy atom. The van der Waals surface area contributed by atoms with E-state index in [9.17, 15) is 14.9 Å². The van der Waals surface area contributed by atoms with Crippen molar-refractivity contribution in [3.8, 4) is 5.75 Å². The van der Waals surface area contributed by atoms with E-state index in [1.807, 2.05) is 18.2 Å². The highest BCUT2D eigenvalue weighted by atomic mass is 35.5. The van der Waals surface area contributed by atoms with Crippen molar-refractivity contribution < 1.29 is 14.5 Å². The molecule has 1 amide bonds. The zero-order valence-electron chi connectivity index (χ0n) is 17.7. The van der Waals surface area contributed by atoms with Gasteiger partial charge in [0.05, 0.1) is 28.7 Å². The van der Waals surface area contributed by atoms with Gasteiger partial charge in [0.25, 0.3) is 11.6 Å². The number of carbonyl (C=O) groups excluding carboxylic acids is 1. The summed E-state index contributed by atoms with van der Waals surface area (Å²) in [4.78, 5) is 29.6. The first kappa shape index (κ1) is 21.0. The van der Waals surface area contributed by atoms with Gasteiger partial charge in [-0.3, -0.25) is 14.9 Å². The van der Waals surface area contributed by atoms with Crippen LogP contribution in [0.25, 0.3) is 10.9 Å². The maximum absolute atomic E-state index is 13.6. The number of aromatic amines is 1. The summed E-state index contributed by atoms with van der Waals surface area (Å²) in [6, 6.07) is 18.7.